The Kier molecular flexibility index (Phi) is 5.38. The molecule has 122 valence electrons. The number of phenols is 1. The second-order valence-corrected chi connectivity index (χ2v) is 5.11. The Hall–Kier alpha value is -1.64. The number of rotatable bonds is 5. The van der Waals surface area contributed by atoms with Crippen LogP contribution in [0.5, 0.6) is 11.5 Å². The molecule has 1 heterocycles. The number of ether oxygens (including phenoxy) is 2. The molecule has 1 fully saturated rings. The minimum absolute atomic E-state index is 0.0590. The molecule has 1 aliphatic rings. The summed E-state index contributed by atoms with van der Waals surface area (Å²) in [5.74, 6) is -0.103. The van der Waals surface area contributed by atoms with Gasteiger partial charge in [0, 0.05) is 0 Å². The van der Waals surface area contributed by atoms with Crippen LogP contribution in [0.2, 0.25) is 0 Å². The minimum Gasteiger partial charge on any atom is -0.504 e. The largest absolute Gasteiger partial charge is 0.504 e. The summed E-state index contributed by atoms with van der Waals surface area (Å²) in [6, 6.07) is 4.67. The average Bonchev–Trinajstić information content (AvgIpc) is 2.51. The lowest BCUT2D eigenvalue weighted by atomic mass is 9.99. The molecule has 1 aromatic carbocycles. The molecule has 0 bridgehead atoms. The number of hydrogen-bond donors (Lipinski definition) is 5. The van der Waals surface area contributed by atoms with E-state index >= 15 is 0 Å². The van der Waals surface area contributed by atoms with Crippen LogP contribution in [-0.4, -0.2) is 62.8 Å². The van der Waals surface area contributed by atoms with Gasteiger partial charge < -0.3 is 35.0 Å². The number of allylic oxidation sites excluding steroid dienone is 1. The first-order valence-electron chi connectivity index (χ1n) is 6.88. The van der Waals surface area contributed by atoms with Crippen LogP contribution in [0.25, 0.3) is 0 Å². The van der Waals surface area contributed by atoms with Gasteiger partial charge in [-0.05, 0) is 24.1 Å². The van der Waals surface area contributed by atoms with E-state index in [1.807, 2.05) is 0 Å². The molecule has 0 aromatic heterocycles. The summed E-state index contributed by atoms with van der Waals surface area (Å²) in [4.78, 5) is 0. The molecule has 22 heavy (non-hydrogen) atoms. The lowest BCUT2D eigenvalue weighted by Gasteiger charge is -2.39. The summed E-state index contributed by atoms with van der Waals surface area (Å²) in [6.45, 7) is 3.07. The van der Waals surface area contributed by atoms with Crippen molar-refractivity contribution in [1.82, 2.24) is 0 Å². The molecule has 1 saturated heterocycles. The van der Waals surface area contributed by atoms with Crippen molar-refractivity contribution < 1.29 is 35.0 Å². The van der Waals surface area contributed by atoms with Gasteiger partial charge in [0.15, 0.2) is 11.5 Å². The maximum atomic E-state index is 9.91. The van der Waals surface area contributed by atoms with Gasteiger partial charge in [-0.1, -0.05) is 12.1 Å². The Labute approximate surface area is 127 Å². The Morgan fingerprint density at radius 2 is 1.91 bits per heavy atom. The highest BCUT2D eigenvalue weighted by molar-refractivity contribution is 5.42. The molecule has 0 radical (unpaired) electrons. The second kappa shape index (κ2) is 7.08. The fraction of sp³-hybridized carbons (Fsp3) is 0.467. The van der Waals surface area contributed by atoms with Crippen LogP contribution in [0.1, 0.15) is 5.56 Å². The summed E-state index contributed by atoms with van der Waals surface area (Å²) in [7, 11) is 0. The molecule has 2 rings (SSSR count). The maximum absolute atomic E-state index is 9.91. The molecule has 0 spiro atoms. The first kappa shape index (κ1) is 16.7. The molecular weight excluding hydrogens is 292 g/mol. The maximum Gasteiger partial charge on any atom is 0.229 e. The number of hydrogen-bond acceptors (Lipinski definition) is 7. The molecule has 0 amide bonds. The Bertz CT molecular complexity index is 517. The van der Waals surface area contributed by atoms with Crippen LogP contribution in [0, 0.1) is 0 Å². The lowest BCUT2D eigenvalue weighted by molar-refractivity contribution is -0.277. The Balaban J connectivity index is 2.18. The van der Waals surface area contributed by atoms with Crippen molar-refractivity contribution in [3.05, 3.63) is 36.4 Å². The molecule has 5 N–H and O–H groups in total. The summed E-state index contributed by atoms with van der Waals surface area (Å²) in [5, 5.41) is 48.2. The van der Waals surface area contributed by atoms with Crippen LogP contribution in [0.15, 0.2) is 30.9 Å². The standard InChI is InChI=1S/C15H20O7/c1-2-3-8-4-5-9(17)10(6-8)21-15-14(20)13(19)12(18)11(7-16)22-15/h2,4-6,11-20H,1,3,7H2. The molecule has 7 heteroatoms. The van der Waals surface area contributed by atoms with E-state index in [0.29, 0.717) is 6.42 Å². The first-order valence-corrected chi connectivity index (χ1v) is 6.88. The van der Waals surface area contributed by atoms with E-state index in [9.17, 15) is 20.4 Å². The van der Waals surface area contributed by atoms with Gasteiger partial charge in [-0.2, -0.15) is 0 Å². The Morgan fingerprint density at radius 1 is 1.18 bits per heavy atom. The number of aliphatic hydroxyl groups is 4. The smallest absolute Gasteiger partial charge is 0.229 e. The van der Waals surface area contributed by atoms with Gasteiger partial charge in [0.1, 0.15) is 24.4 Å². The van der Waals surface area contributed by atoms with Gasteiger partial charge in [-0.25, -0.2) is 0 Å². The third-order valence-corrected chi connectivity index (χ3v) is 3.50. The molecule has 0 aliphatic carbocycles. The van der Waals surface area contributed by atoms with Crippen LogP contribution in [0.3, 0.4) is 0 Å². The van der Waals surface area contributed by atoms with Gasteiger partial charge in [-0.3, -0.25) is 0 Å². The van der Waals surface area contributed by atoms with Crippen molar-refractivity contribution in [2.45, 2.75) is 37.1 Å². The zero-order chi connectivity index (χ0) is 16.3. The average molecular weight is 312 g/mol. The van der Waals surface area contributed by atoms with E-state index in [0.717, 1.165) is 5.56 Å². The number of aromatic hydroxyl groups is 1. The molecule has 7 nitrogen and oxygen atoms in total. The second-order valence-electron chi connectivity index (χ2n) is 5.11. The molecule has 5 atom stereocenters. The normalized spacial score (nSPS) is 31.7. The molecule has 1 aromatic rings. The highest BCUT2D eigenvalue weighted by Gasteiger charge is 2.44. The van der Waals surface area contributed by atoms with Crippen molar-refractivity contribution in [1.29, 1.82) is 0 Å². The number of phenolic OH excluding ortho intramolecular Hbond substituents is 1. The van der Waals surface area contributed by atoms with Crippen LogP contribution >= 0.6 is 0 Å². The summed E-state index contributed by atoms with van der Waals surface area (Å²) in [6.07, 6.45) is -4.67. The Morgan fingerprint density at radius 3 is 2.55 bits per heavy atom. The van der Waals surface area contributed by atoms with E-state index in [-0.39, 0.29) is 11.5 Å². The fourth-order valence-corrected chi connectivity index (χ4v) is 2.24. The zero-order valence-electron chi connectivity index (χ0n) is 11.9. The van der Waals surface area contributed by atoms with Crippen molar-refractivity contribution in [2.75, 3.05) is 6.61 Å². The summed E-state index contributed by atoms with van der Waals surface area (Å²) in [5.41, 5.74) is 0.826. The van der Waals surface area contributed by atoms with E-state index in [1.165, 1.54) is 6.07 Å². The topological polar surface area (TPSA) is 120 Å². The van der Waals surface area contributed by atoms with E-state index < -0.39 is 37.3 Å². The van der Waals surface area contributed by atoms with Crippen LogP contribution < -0.4 is 4.74 Å². The fourth-order valence-electron chi connectivity index (χ4n) is 2.24. The van der Waals surface area contributed by atoms with Crippen molar-refractivity contribution in [3.8, 4) is 11.5 Å². The van der Waals surface area contributed by atoms with Crippen molar-refractivity contribution in [3.63, 3.8) is 0 Å². The van der Waals surface area contributed by atoms with Gasteiger partial charge >= 0.3 is 0 Å². The van der Waals surface area contributed by atoms with Crippen LogP contribution in [-0.2, 0) is 11.2 Å². The molecule has 0 saturated carbocycles. The minimum atomic E-state index is -1.53. The molecular formula is C15H20O7. The summed E-state index contributed by atoms with van der Waals surface area (Å²) >= 11 is 0. The van der Waals surface area contributed by atoms with E-state index in [2.05, 4.69) is 6.58 Å². The third-order valence-electron chi connectivity index (χ3n) is 3.50. The van der Waals surface area contributed by atoms with E-state index in [1.54, 1.807) is 18.2 Å². The van der Waals surface area contributed by atoms with Crippen LogP contribution in [0.4, 0.5) is 0 Å². The third kappa shape index (κ3) is 3.40. The van der Waals surface area contributed by atoms with Gasteiger partial charge in [0.05, 0.1) is 6.61 Å². The first-order chi connectivity index (χ1) is 10.5. The van der Waals surface area contributed by atoms with Gasteiger partial charge in [0.2, 0.25) is 6.29 Å². The predicted molar refractivity (Wildman–Crippen MR) is 76.4 cm³/mol. The SMILES string of the molecule is C=CCc1ccc(O)c(OC2OC(CO)C(O)C(O)C2O)c1. The molecule has 1 aliphatic heterocycles. The monoisotopic (exact) mass is 312 g/mol. The van der Waals surface area contributed by atoms with Gasteiger partial charge in [-0.15, -0.1) is 6.58 Å². The summed E-state index contributed by atoms with van der Waals surface area (Å²) < 4.78 is 10.6. The quantitative estimate of drug-likeness (QED) is 0.456. The zero-order valence-corrected chi connectivity index (χ0v) is 11.9. The predicted octanol–water partition coefficient (Wildman–Crippen LogP) is -0.701. The number of aliphatic hydroxyl groups excluding tert-OH is 4. The lowest BCUT2D eigenvalue weighted by Crippen LogP contribution is -2.60. The highest BCUT2D eigenvalue weighted by atomic mass is 16.7. The van der Waals surface area contributed by atoms with Gasteiger partial charge in [0.25, 0.3) is 0 Å². The highest BCUT2D eigenvalue weighted by Crippen LogP contribution is 2.31. The number of benzene rings is 1. The van der Waals surface area contributed by atoms with Crippen molar-refractivity contribution in [2.24, 2.45) is 0 Å². The van der Waals surface area contributed by atoms with Crippen molar-refractivity contribution >= 4 is 0 Å². The molecule has 5 unspecified atom stereocenters. The van der Waals surface area contributed by atoms with E-state index in [4.69, 9.17) is 14.6 Å².